The van der Waals surface area contributed by atoms with Gasteiger partial charge in [0.1, 0.15) is 17.6 Å². The lowest BCUT2D eigenvalue weighted by atomic mass is 9.97. The Morgan fingerprint density at radius 3 is 2.82 bits per heavy atom. The predicted octanol–water partition coefficient (Wildman–Crippen LogP) is 6.08. The van der Waals surface area contributed by atoms with Crippen molar-refractivity contribution in [1.82, 2.24) is 25.5 Å². The molecule has 1 saturated heterocycles. The van der Waals surface area contributed by atoms with E-state index in [0.717, 1.165) is 61.5 Å². The molecule has 7 nitrogen and oxygen atoms in total. The van der Waals surface area contributed by atoms with Crippen LogP contribution in [0, 0.1) is 5.82 Å². The van der Waals surface area contributed by atoms with Crippen molar-refractivity contribution in [2.75, 3.05) is 5.32 Å². The van der Waals surface area contributed by atoms with Crippen molar-refractivity contribution < 1.29 is 9.18 Å². The second-order valence-electron chi connectivity index (χ2n) is 9.50. The second kappa shape index (κ2) is 8.55. The van der Waals surface area contributed by atoms with Crippen LogP contribution in [-0.4, -0.2) is 26.1 Å². The Labute approximate surface area is 217 Å². The predicted molar refractivity (Wildman–Crippen MR) is 145 cm³/mol. The second-order valence-corrected chi connectivity index (χ2v) is 9.50. The number of carbonyl (C=O) groups is 1. The van der Waals surface area contributed by atoms with Crippen LogP contribution in [-0.2, 0) is 4.79 Å². The van der Waals surface area contributed by atoms with E-state index in [1.54, 1.807) is 24.5 Å². The quantitative estimate of drug-likeness (QED) is 0.218. The third-order valence-electron chi connectivity index (χ3n) is 7.03. The van der Waals surface area contributed by atoms with Gasteiger partial charge < -0.3 is 15.6 Å². The largest absolute Gasteiger partial charge is 0.373 e. The number of nitrogens with zero attached hydrogens (tertiary/aromatic N) is 2. The van der Waals surface area contributed by atoms with Crippen molar-refractivity contribution in [1.29, 1.82) is 0 Å². The minimum Gasteiger partial charge on any atom is -0.373 e. The number of H-pyrrole nitrogens is 2. The van der Waals surface area contributed by atoms with E-state index in [2.05, 4.69) is 49.0 Å². The average Bonchev–Trinajstić information content (AvgIpc) is 3.42. The van der Waals surface area contributed by atoms with Gasteiger partial charge in [0.25, 0.3) is 0 Å². The minimum absolute atomic E-state index is 0.0575. The standard InChI is InChI=1S/C30H23FN6O/c1-2-27(38)33-20-11-18(14-32-15-20)16-6-8-24-23(12-16)28(37-36-24)26-13-22-21(17-4-3-5-19(31)10-17)7-9-25-30(34-25)29(22)35-26/h3-15,30,34-35H,2H2,1H3,(H,33,38)(H,36,37). The highest BCUT2D eigenvalue weighted by molar-refractivity contribution is 5.97. The number of aromatic nitrogens is 4. The molecule has 7 rings (SSSR count). The number of benzene rings is 2. The number of allylic oxidation sites excluding steroid dienone is 2. The van der Waals surface area contributed by atoms with Gasteiger partial charge in [0.05, 0.1) is 28.8 Å². The smallest absolute Gasteiger partial charge is 0.224 e. The molecule has 1 amide bonds. The number of amides is 1. The molecule has 1 aliphatic heterocycles. The van der Waals surface area contributed by atoms with Gasteiger partial charge in [-0.05, 0) is 59.2 Å². The highest BCUT2D eigenvalue weighted by Gasteiger charge is 2.36. The van der Waals surface area contributed by atoms with E-state index in [1.165, 1.54) is 6.07 Å². The van der Waals surface area contributed by atoms with Crippen LogP contribution in [0.2, 0.25) is 0 Å². The summed E-state index contributed by atoms with van der Waals surface area (Å²) in [5, 5.41) is 15.0. The van der Waals surface area contributed by atoms with Gasteiger partial charge in [-0.1, -0.05) is 31.2 Å². The van der Waals surface area contributed by atoms with E-state index < -0.39 is 0 Å². The minimum atomic E-state index is -0.264. The summed E-state index contributed by atoms with van der Waals surface area (Å²) in [6, 6.07) is 16.9. The van der Waals surface area contributed by atoms with E-state index in [0.29, 0.717) is 12.1 Å². The van der Waals surface area contributed by atoms with E-state index in [4.69, 9.17) is 0 Å². The molecule has 0 radical (unpaired) electrons. The van der Waals surface area contributed by atoms with Crippen molar-refractivity contribution >= 4 is 28.1 Å². The van der Waals surface area contributed by atoms with Crippen molar-refractivity contribution in [2.45, 2.75) is 19.4 Å². The fourth-order valence-electron chi connectivity index (χ4n) is 5.03. The van der Waals surface area contributed by atoms with Crippen LogP contribution < -0.4 is 10.6 Å². The van der Waals surface area contributed by atoms with Gasteiger partial charge in [0, 0.05) is 34.8 Å². The van der Waals surface area contributed by atoms with Gasteiger partial charge in [-0.25, -0.2) is 4.39 Å². The normalized spacial score (nSPS) is 15.6. The van der Waals surface area contributed by atoms with E-state index in [9.17, 15) is 9.18 Å². The molecular weight excluding hydrogens is 479 g/mol. The molecule has 1 atom stereocenters. The summed E-state index contributed by atoms with van der Waals surface area (Å²) < 4.78 is 14.1. The monoisotopic (exact) mass is 502 g/mol. The highest BCUT2D eigenvalue weighted by Crippen LogP contribution is 2.44. The molecule has 2 aliphatic rings. The lowest BCUT2D eigenvalue weighted by Crippen LogP contribution is -2.09. The molecule has 5 aromatic rings. The first-order valence-corrected chi connectivity index (χ1v) is 12.5. The highest BCUT2D eigenvalue weighted by atomic mass is 19.1. The molecule has 4 N–H and O–H groups in total. The van der Waals surface area contributed by atoms with Crippen LogP contribution in [0.15, 0.2) is 84.8 Å². The molecule has 0 saturated carbocycles. The molecule has 186 valence electrons. The molecule has 2 aromatic carbocycles. The Morgan fingerprint density at radius 2 is 1.95 bits per heavy atom. The van der Waals surface area contributed by atoms with Crippen LogP contribution in [0.3, 0.4) is 0 Å². The molecule has 1 fully saturated rings. The number of carbonyl (C=O) groups excluding carboxylic acids is 1. The zero-order chi connectivity index (χ0) is 25.8. The summed E-state index contributed by atoms with van der Waals surface area (Å²) in [4.78, 5) is 19.8. The summed E-state index contributed by atoms with van der Waals surface area (Å²) in [6.45, 7) is 1.81. The topological polar surface area (TPSA) is 108 Å². The summed E-state index contributed by atoms with van der Waals surface area (Å²) in [7, 11) is 0. The zero-order valence-corrected chi connectivity index (χ0v) is 20.5. The van der Waals surface area contributed by atoms with Gasteiger partial charge in [-0.15, -0.1) is 0 Å². The van der Waals surface area contributed by atoms with Crippen molar-refractivity contribution in [3.05, 3.63) is 107 Å². The molecule has 0 bridgehead atoms. The third kappa shape index (κ3) is 3.78. The van der Waals surface area contributed by atoms with Crippen LogP contribution in [0.1, 0.15) is 36.2 Å². The molecular formula is C30H23FN6O. The molecule has 8 heteroatoms. The van der Waals surface area contributed by atoms with E-state index in [-0.39, 0.29) is 17.8 Å². The van der Waals surface area contributed by atoms with Crippen LogP contribution in [0.25, 0.3) is 39.0 Å². The first-order valence-electron chi connectivity index (χ1n) is 12.5. The molecule has 0 spiro atoms. The van der Waals surface area contributed by atoms with Crippen molar-refractivity contribution in [2.24, 2.45) is 0 Å². The Bertz CT molecular complexity index is 1810. The summed E-state index contributed by atoms with van der Waals surface area (Å²) in [5.41, 5.74) is 10.1. The Hall–Kier alpha value is -4.98. The van der Waals surface area contributed by atoms with Gasteiger partial charge >= 0.3 is 0 Å². The number of pyridine rings is 1. The van der Waals surface area contributed by atoms with E-state index in [1.807, 2.05) is 37.3 Å². The third-order valence-corrected chi connectivity index (χ3v) is 7.03. The Morgan fingerprint density at radius 1 is 1.03 bits per heavy atom. The molecule has 1 aliphatic carbocycles. The maximum atomic E-state index is 14.1. The first-order chi connectivity index (χ1) is 18.6. The maximum absolute atomic E-state index is 14.1. The van der Waals surface area contributed by atoms with Crippen LogP contribution in [0.4, 0.5) is 10.1 Å². The number of rotatable bonds is 5. The van der Waals surface area contributed by atoms with Gasteiger partial charge in [-0.2, -0.15) is 5.10 Å². The van der Waals surface area contributed by atoms with E-state index >= 15 is 0 Å². The van der Waals surface area contributed by atoms with Crippen LogP contribution in [0.5, 0.6) is 0 Å². The number of fused-ring (bicyclic) bond motifs is 4. The fraction of sp³-hybridized carbons (Fsp3) is 0.100. The van der Waals surface area contributed by atoms with Crippen LogP contribution >= 0.6 is 0 Å². The number of hydrogen-bond donors (Lipinski definition) is 4. The van der Waals surface area contributed by atoms with Gasteiger partial charge in [0.2, 0.25) is 5.91 Å². The number of aromatic amines is 2. The Balaban J connectivity index is 1.30. The molecule has 4 heterocycles. The van der Waals surface area contributed by atoms with Gasteiger partial charge in [0.15, 0.2) is 0 Å². The molecule has 3 aromatic heterocycles. The average molecular weight is 503 g/mol. The first kappa shape index (κ1) is 22.2. The number of anilines is 1. The SMILES string of the molecule is CCC(=O)Nc1cncc(-c2ccc3[nH]nc(-c4cc5c([nH]4)C4NC4=CC=C5c4cccc(F)c4)c3c2)c1. The maximum Gasteiger partial charge on any atom is 0.224 e. The summed E-state index contributed by atoms with van der Waals surface area (Å²) in [6.07, 6.45) is 7.92. The molecule has 38 heavy (non-hydrogen) atoms. The van der Waals surface area contributed by atoms with Gasteiger partial charge in [-0.3, -0.25) is 14.9 Å². The fourth-order valence-corrected chi connectivity index (χ4v) is 5.03. The number of halogens is 1. The summed E-state index contributed by atoms with van der Waals surface area (Å²) >= 11 is 0. The molecule has 1 unspecified atom stereocenters. The lowest BCUT2D eigenvalue weighted by Gasteiger charge is -2.07. The van der Waals surface area contributed by atoms with Crippen molar-refractivity contribution in [3.63, 3.8) is 0 Å². The zero-order valence-electron chi connectivity index (χ0n) is 20.5. The van der Waals surface area contributed by atoms with Crippen molar-refractivity contribution in [3.8, 4) is 22.5 Å². The lowest BCUT2D eigenvalue weighted by molar-refractivity contribution is -0.115. The summed E-state index contributed by atoms with van der Waals surface area (Å²) in [5.74, 6) is -0.322. The number of hydrogen-bond acceptors (Lipinski definition) is 4. The number of nitrogens with one attached hydrogen (secondary N) is 4. The Kier molecular flexibility index (Phi) is 5.00.